The number of aliphatic hydroxyl groups excluding tert-OH is 1. The van der Waals surface area contributed by atoms with E-state index in [9.17, 15) is 10.2 Å². The third kappa shape index (κ3) is 3.60. The van der Waals surface area contributed by atoms with E-state index in [0.717, 1.165) is 31.2 Å². The lowest BCUT2D eigenvalue weighted by Crippen LogP contribution is -2.49. The van der Waals surface area contributed by atoms with Gasteiger partial charge < -0.3 is 25.0 Å². The zero-order valence-corrected chi connectivity index (χ0v) is 12.8. The SMILES string of the molecule is COc1cc(CNC2(CO)CCCCC2)cc(OC)c1O. The zero-order chi connectivity index (χ0) is 15.3. The van der Waals surface area contributed by atoms with Crippen molar-refractivity contribution in [3.63, 3.8) is 0 Å². The van der Waals surface area contributed by atoms with Crippen molar-refractivity contribution in [1.29, 1.82) is 0 Å². The number of aliphatic hydroxyl groups is 1. The summed E-state index contributed by atoms with van der Waals surface area (Å²) in [6.07, 6.45) is 5.53. The van der Waals surface area contributed by atoms with Gasteiger partial charge in [0.05, 0.1) is 20.8 Å². The molecule has 21 heavy (non-hydrogen) atoms. The molecule has 1 aromatic carbocycles. The summed E-state index contributed by atoms with van der Waals surface area (Å²) in [6.45, 7) is 0.757. The van der Waals surface area contributed by atoms with Crippen LogP contribution in [0, 0.1) is 0 Å². The zero-order valence-electron chi connectivity index (χ0n) is 12.8. The van der Waals surface area contributed by atoms with Gasteiger partial charge in [0.1, 0.15) is 0 Å². The predicted molar refractivity (Wildman–Crippen MR) is 81.0 cm³/mol. The van der Waals surface area contributed by atoms with Crippen LogP contribution < -0.4 is 14.8 Å². The first-order chi connectivity index (χ1) is 10.1. The largest absolute Gasteiger partial charge is 0.502 e. The van der Waals surface area contributed by atoms with Gasteiger partial charge >= 0.3 is 0 Å². The third-order valence-electron chi connectivity index (χ3n) is 4.32. The molecule has 1 aliphatic rings. The Morgan fingerprint density at radius 2 is 1.67 bits per heavy atom. The maximum Gasteiger partial charge on any atom is 0.200 e. The molecule has 0 atom stereocenters. The predicted octanol–water partition coefficient (Wildman–Crippen LogP) is 2.19. The van der Waals surface area contributed by atoms with Gasteiger partial charge in [-0.15, -0.1) is 0 Å². The van der Waals surface area contributed by atoms with Crippen LogP contribution in [0.3, 0.4) is 0 Å². The topological polar surface area (TPSA) is 71.0 Å². The Bertz CT molecular complexity index is 444. The van der Waals surface area contributed by atoms with Crippen LogP contribution >= 0.6 is 0 Å². The fourth-order valence-electron chi connectivity index (χ4n) is 2.96. The van der Waals surface area contributed by atoms with Crippen LogP contribution in [0.15, 0.2) is 12.1 Å². The van der Waals surface area contributed by atoms with Crippen molar-refractivity contribution in [1.82, 2.24) is 5.32 Å². The van der Waals surface area contributed by atoms with Crippen molar-refractivity contribution in [3.05, 3.63) is 17.7 Å². The number of aromatic hydroxyl groups is 1. The van der Waals surface area contributed by atoms with Gasteiger partial charge in [-0.05, 0) is 30.5 Å². The van der Waals surface area contributed by atoms with E-state index in [0.29, 0.717) is 18.0 Å². The van der Waals surface area contributed by atoms with Gasteiger partial charge in [0, 0.05) is 12.1 Å². The van der Waals surface area contributed by atoms with Crippen LogP contribution in [-0.2, 0) is 6.54 Å². The van der Waals surface area contributed by atoms with Crippen molar-refractivity contribution in [2.24, 2.45) is 0 Å². The van der Waals surface area contributed by atoms with Crippen molar-refractivity contribution < 1.29 is 19.7 Å². The van der Waals surface area contributed by atoms with Gasteiger partial charge in [-0.3, -0.25) is 0 Å². The average molecular weight is 295 g/mol. The average Bonchev–Trinajstić information content (AvgIpc) is 2.54. The summed E-state index contributed by atoms with van der Waals surface area (Å²) in [5.74, 6) is 0.805. The molecule has 0 heterocycles. The number of methoxy groups -OCH3 is 2. The van der Waals surface area contributed by atoms with Crippen LogP contribution in [-0.4, -0.2) is 36.6 Å². The number of nitrogens with one attached hydrogen (secondary N) is 1. The fourth-order valence-corrected chi connectivity index (χ4v) is 2.96. The highest BCUT2D eigenvalue weighted by Gasteiger charge is 2.30. The van der Waals surface area contributed by atoms with Gasteiger partial charge in [-0.25, -0.2) is 0 Å². The number of phenolic OH excluding ortho intramolecular Hbond substituents is 1. The summed E-state index contributed by atoms with van der Waals surface area (Å²) < 4.78 is 10.3. The minimum Gasteiger partial charge on any atom is -0.502 e. The highest BCUT2D eigenvalue weighted by atomic mass is 16.5. The smallest absolute Gasteiger partial charge is 0.200 e. The highest BCUT2D eigenvalue weighted by molar-refractivity contribution is 5.52. The van der Waals surface area contributed by atoms with Crippen LogP contribution in [0.1, 0.15) is 37.7 Å². The molecule has 5 heteroatoms. The summed E-state index contributed by atoms with van der Waals surface area (Å²) in [5, 5.41) is 23.1. The van der Waals surface area contributed by atoms with E-state index in [-0.39, 0.29) is 17.9 Å². The summed E-state index contributed by atoms with van der Waals surface area (Å²) in [5.41, 5.74) is 0.774. The van der Waals surface area contributed by atoms with Crippen molar-refractivity contribution in [2.45, 2.75) is 44.2 Å². The maximum atomic E-state index is 9.92. The van der Waals surface area contributed by atoms with E-state index in [2.05, 4.69) is 5.32 Å². The van der Waals surface area contributed by atoms with Crippen LogP contribution in [0.5, 0.6) is 17.2 Å². The number of hydrogen-bond acceptors (Lipinski definition) is 5. The van der Waals surface area contributed by atoms with E-state index >= 15 is 0 Å². The first-order valence-corrected chi connectivity index (χ1v) is 7.44. The minimum atomic E-state index is -0.184. The Balaban J connectivity index is 2.11. The molecule has 1 aliphatic carbocycles. The third-order valence-corrected chi connectivity index (χ3v) is 4.32. The monoisotopic (exact) mass is 295 g/mol. The molecule has 2 rings (SSSR count). The van der Waals surface area contributed by atoms with E-state index in [4.69, 9.17) is 9.47 Å². The standard InChI is InChI=1S/C16H25NO4/c1-20-13-8-12(9-14(21-2)15(13)19)10-17-16(11-18)6-4-3-5-7-16/h8-9,17-19H,3-7,10-11H2,1-2H3. The lowest BCUT2D eigenvalue weighted by Gasteiger charge is -2.36. The molecule has 0 bridgehead atoms. The summed E-state index contributed by atoms with van der Waals surface area (Å²) in [6, 6.07) is 3.58. The molecule has 0 aromatic heterocycles. The van der Waals surface area contributed by atoms with Crippen LogP contribution in [0.25, 0.3) is 0 Å². The molecule has 0 amide bonds. The van der Waals surface area contributed by atoms with E-state index in [1.165, 1.54) is 20.6 Å². The van der Waals surface area contributed by atoms with E-state index in [1.54, 1.807) is 12.1 Å². The number of benzene rings is 1. The molecule has 1 aromatic rings. The Morgan fingerprint density at radius 3 is 2.14 bits per heavy atom. The summed E-state index contributed by atoms with van der Waals surface area (Å²) in [4.78, 5) is 0. The molecule has 3 N–H and O–H groups in total. The van der Waals surface area contributed by atoms with Gasteiger partial charge in [-0.1, -0.05) is 19.3 Å². The minimum absolute atomic E-state index is 0.0123. The Morgan fingerprint density at radius 1 is 1.10 bits per heavy atom. The van der Waals surface area contributed by atoms with Gasteiger partial charge in [0.25, 0.3) is 0 Å². The number of phenols is 1. The second kappa shape index (κ2) is 7.00. The normalized spacial score (nSPS) is 17.5. The Hall–Kier alpha value is -1.46. The molecule has 1 fully saturated rings. The highest BCUT2D eigenvalue weighted by Crippen LogP contribution is 2.37. The molecule has 0 unspecified atom stereocenters. The molecule has 1 saturated carbocycles. The first-order valence-electron chi connectivity index (χ1n) is 7.44. The second-order valence-electron chi connectivity index (χ2n) is 5.70. The van der Waals surface area contributed by atoms with Crippen molar-refractivity contribution in [3.8, 4) is 17.2 Å². The molecular formula is C16H25NO4. The molecule has 0 spiro atoms. The lowest BCUT2D eigenvalue weighted by molar-refractivity contribution is 0.119. The Labute approximate surface area is 125 Å². The molecule has 0 radical (unpaired) electrons. The van der Waals surface area contributed by atoms with E-state index < -0.39 is 0 Å². The number of ether oxygens (including phenoxy) is 2. The number of rotatable bonds is 6. The maximum absolute atomic E-state index is 9.92. The quantitative estimate of drug-likeness (QED) is 0.750. The molecule has 5 nitrogen and oxygen atoms in total. The molecule has 118 valence electrons. The fraction of sp³-hybridized carbons (Fsp3) is 0.625. The lowest BCUT2D eigenvalue weighted by atomic mass is 9.82. The van der Waals surface area contributed by atoms with Crippen LogP contribution in [0.4, 0.5) is 0 Å². The summed E-state index contributed by atoms with van der Waals surface area (Å²) in [7, 11) is 3.03. The van der Waals surface area contributed by atoms with Gasteiger partial charge in [0.2, 0.25) is 5.75 Å². The van der Waals surface area contributed by atoms with Crippen molar-refractivity contribution in [2.75, 3.05) is 20.8 Å². The Kier molecular flexibility index (Phi) is 5.31. The van der Waals surface area contributed by atoms with E-state index in [1.807, 2.05) is 0 Å². The van der Waals surface area contributed by atoms with Gasteiger partial charge in [-0.2, -0.15) is 0 Å². The number of hydrogen-bond donors (Lipinski definition) is 3. The van der Waals surface area contributed by atoms with Crippen molar-refractivity contribution >= 4 is 0 Å². The molecular weight excluding hydrogens is 270 g/mol. The summed E-state index contributed by atoms with van der Waals surface area (Å²) >= 11 is 0. The first kappa shape index (κ1) is 15.9. The second-order valence-corrected chi connectivity index (χ2v) is 5.70. The molecule has 0 aliphatic heterocycles. The molecule has 0 saturated heterocycles. The van der Waals surface area contributed by atoms with Gasteiger partial charge in [0.15, 0.2) is 11.5 Å². The van der Waals surface area contributed by atoms with Crippen LogP contribution in [0.2, 0.25) is 0 Å².